The zero-order chi connectivity index (χ0) is 26.1. The Balaban J connectivity index is 1.31. The van der Waals surface area contributed by atoms with E-state index in [1.54, 1.807) is 24.3 Å². The number of carbonyl (C=O) groups is 4. The summed E-state index contributed by atoms with van der Waals surface area (Å²) in [5.41, 5.74) is 3.88. The van der Waals surface area contributed by atoms with E-state index in [9.17, 15) is 19.2 Å². The molecule has 3 aromatic rings. The fourth-order valence-electron chi connectivity index (χ4n) is 6.20. The highest BCUT2D eigenvalue weighted by Crippen LogP contribution is 2.69. The zero-order valence-electron chi connectivity index (χ0n) is 19.8. The van der Waals surface area contributed by atoms with Crippen molar-refractivity contribution in [2.24, 2.45) is 11.8 Å². The summed E-state index contributed by atoms with van der Waals surface area (Å²) in [6, 6.07) is 21.5. The second-order valence-electron chi connectivity index (χ2n) is 9.73. The van der Waals surface area contributed by atoms with Gasteiger partial charge in [-0.3, -0.25) is 24.1 Å². The van der Waals surface area contributed by atoms with Crippen LogP contribution in [0.2, 0.25) is 0 Å². The monoisotopic (exact) mass is 532 g/mol. The quantitative estimate of drug-likeness (QED) is 0.290. The molecule has 6 nitrogen and oxygen atoms in total. The molecule has 1 fully saturated rings. The molecule has 1 N–H and O–H groups in total. The second kappa shape index (κ2) is 8.27. The molecule has 3 amide bonds. The van der Waals surface area contributed by atoms with Crippen LogP contribution >= 0.6 is 23.2 Å². The number of hydrogen-bond acceptors (Lipinski definition) is 4. The number of imide groups is 1. The molecule has 1 aliphatic heterocycles. The maximum absolute atomic E-state index is 13.8. The summed E-state index contributed by atoms with van der Waals surface area (Å²) in [6.45, 7) is 1.34. The van der Waals surface area contributed by atoms with Gasteiger partial charge in [0.05, 0.1) is 11.8 Å². The molecule has 2 bridgehead atoms. The summed E-state index contributed by atoms with van der Waals surface area (Å²) in [5.74, 6) is -3.13. The van der Waals surface area contributed by atoms with Crippen molar-refractivity contribution >= 4 is 52.4 Å². The summed E-state index contributed by atoms with van der Waals surface area (Å²) >= 11 is 14.8. The molecule has 3 aliphatic carbocycles. The van der Waals surface area contributed by atoms with Gasteiger partial charge in [-0.2, -0.15) is 0 Å². The maximum Gasteiger partial charge on any atom is 0.235 e. The molecule has 0 spiro atoms. The average molecular weight is 533 g/mol. The number of rotatable bonds is 5. The highest BCUT2D eigenvalue weighted by molar-refractivity contribution is 6.36. The van der Waals surface area contributed by atoms with Crippen molar-refractivity contribution in [3.05, 3.63) is 101 Å². The smallest absolute Gasteiger partial charge is 0.235 e. The van der Waals surface area contributed by atoms with Crippen LogP contribution in [0.1, 0.15) is 46.0 Å². The van der Waals surface area contributed by atoms with Crippen LogP contribution in [0.4, 0.5) is 5.69 Å². The Morgan fingerprint density at radius 2 is 1.30 bits per heavy atom. The Morgan fingerprint density at radius 3 is 1.76 bits per heavy atom. The van der Waals surface area contributed by atoms with Crippen LogP contribution in [0, 0.1) is 11.8 Å². The van der Waals surface area contributed by atoms with Gasteiger partial charge in [0.25, 0.3) is 0 Å². The molecule has 1 saturated heterocycles. The number of benzene rings is 3. The number of ketones is 1. The van der Waals surface area contributed by atoms with E-state index in [1.807, 2.05) is 48.5 Å². The predicted molar refractivity (Wildman–Crippen MR) is 140 cm³/mol. The number of nitrogens with zero attached hydrogens (tertiary/aromatic N) is 1. The molecule has 0 saturated carbocycles. The lowest BCUT2D eigenvalue weighted by molar-refractivity contribution is -0.140. The van der Waals surface area contributed by atoms with E-state index in [-0.39, 0.29) is 24.7 Å². The molecular weight excluding hydrogens is 511 g/mol. The third-order valence-corrected chi connectivity index (χ3v) is 9.08. The summed E-state index contributed by atoms with van der Waals surface area (Å²) < 4.78 is 0. The molecule has 37 heavy (non-hydrogen) atoms. The Labute approximate surface area is 223 Å². The first kappa shape index (κ1) is 23.9. The Hall–Kier alpha value is -3.48. The van der Waals surface area contributed by atoms with Gasteiger partial charge in [-0.15, -0.1) is 23.2 Å². The van der Waals surface area contributed by atoms with Gasteiger partial charge in [0.2, 0.25) is 17.7 Å². The first-order valence-electron chi connectivity index (χ1n) is 12.0. The first-order chi connectivity index (χ1) is 17.7. The van der Waals surface area contributed by atoms with Gasteiger partial charge in [0.1, 0.15) is 9.75 Å². The number of halogens is 2. The van der Waals surface area contributed by atoms with Crippen molar-refractivity contribution < 1.29 is 19.2 Å². The van der Waals surface area contributed by atoms with E-state index in [0.29, 0.717) is 11.3 Å². The third kappa shape index (κ3) is 3.19. The number of nitrogens with one attached hydrogen (secondary N) is 1. The number of alkyl halides is 2. The van der Waals surface area contributed by atoms with Gasteiger partial charge in [-0.1, -0.05) is 60.7 Å². The number of amides is 3. The van der Waals surface area contributed by atoms with Gasteiger partial charge in [-0.05, 0) is 41.3 Å². The number of likely N-dealkylation sites (tertiary alicyclic amines) is 1. The largest absolute Gasteiger partial charge is 0.326 e. The minimum atomic E-state index is -1.24. The lowest BCUT2D eigenvalue weighted by atomic mass is 9.54. The van der Waals surface area contributed by atoms with Crippen molar-refractivity contribution in [2.45, 2.75) is 23.1 Å². The molecule has 0 unspecified atom stereocenters. The molecule has 4 aliphatic rings. The summed E-state index contributed by atoms with van der Waals surface area (Å²) in [7, 11) is 0. The lowest BCUT2D eigenvalue weighted by Crippen LogP contribution is -2.57. The van der Waals surface area contributed by atoms with Crippen LogP contribution < -0.4 is 5.32 Å². The fourth-order valence-corrected chi connectivity index (χ4v) is 7.30. The highest BCUT2D eigenvalue weighted by atomic mass is 35.5. The molecular formula is C29H22Cl2N2O4. The first-order valence-corrected chi connectivity index (χ1v) is 12.8. The standard InChI is InChI=1S/C29H22Cl2N2O4/c1-16(34)17-7-6-8-18(15-17)32-23(35)13-14-33-26(36)24-25(27(33)37)29(31)20-10-3-2-9-19(20)28(24,30)21-11-4-5-12-22(21)29/h2-12,15,24-25H,13-14H2,1H3,(H,32,35)/t24-,25+,28?,29?. The van der Waals surface area contributed by atoms with E-state index in [4.69, 9.17) is 23.2 Å². The Kier molecular flexibility index (Phi) is 5.34. The normalized spacial score (nSPS) is 26.9. The molecule has 186 valence electrons. The van der Waals surface area contributed by atoms with E-state index >= 15 is 0 Å². The zero-order valence-corrected chi connectivity index (χ0v) is 21.3. The van der Waals surface area contributed by atoms with Crippen molar-refractivity contribution in [3.8, 4) is 0 Å². The van der Waals surface area contributed by atoms with Crippen LogP contribution in [-0.4, -0.2) is 34.9 Å². The van der Waals surface area contributed by atoms with Crippen LogP contribution in [0.15, 0.2) is 72.8 Å². The van der Waals surface area contributed by atoms with Gasteiger partial charge in [-0.25, -0.2) is 0 Å². The van der Waals surface area contributed by atoms with E-state index in [1.165, 1.54) is 6.92 Å². The summed E-state index contributed by atoms with van der Waals surface area (Å²) in [4.78, 5) is 50.6. The fraction of sp³-hybridized carbons (Fsp3) is 0.241. The van der Waals surface area contributed by atoms with Gasteiger partial charge < -0.3 is 5.32 Å². The van der Waals surface area contributed by atoms with Gasteiger partial charge >= 0.3 is 0 Å². The van der Waals surface area contributed by atoms with Crippen LogP contribution in [-0.2, 0) is 24.1 Å². The lowest BCUT2D eigenvalue weighted by Gasteiger charge is -2.54. The summed E-state index contributed by atoms with van der Waals surface area (Å²) in [6.07, 6.45) is -0.105. The molecule has 7 rings (SSSR count). The SMILES string of the molecule is CC(=O)c1cccc(NC(=O)CCN2C(=O)[C@@H]3[C@H](C2=O)C2(Cl)c4ccccc4C3(Cl)c3ccccc32)c1. The van der Waals surface area contributed by atoms with Crippen LogP contribution in [0.3, 0.4) is 0 Å². The minimum absolute atomic E-state index is 0.102. The van der Waals surface area contributed by atoms with E-state index in [2.05, 4.69) is 5.32 Å². The number of carbonyl (C=O) groups excluding carboxylic acids is 4. The molecule has 3 aromatic carbocycles. The number of Topliss-reactive ketones (excluding diaryl/α,β-unsaturated/α-hetero) is 1. The molecule has 0 radical (unpaired) electrons. The van der Waals surface area contributed by atoms with E-state index in [0.717, 1.165) is 27.2 Å². The molecule has 1 heterocycles. The molecule has 0 aromatic heterocycles. The van der Waals surface area contributed by atoms with Crippen LogP contribution in [0.5, 0.6) is 0 Å². The minimum Gasteiger partial charge on any atom is -0.326 e. The Bertz CT molecular complexity index is 1400. The van der Waals surface area contributed by atoms with E-state index < -0.39 is 33.4 Å². The van der Waals surface area contributed by atoms with Crippen molar-refractivity contribution in [3.63, 3.8) is 0 Å². The maximum atomic E-state index is 13.8. The Morgan fingerprint density at radius 1 is 0.811 bits per heavy atom. The van der Waals surface area contributed by atoms with Crippen molar-refractivity contribution in [1.29, 1.82) is 0 Å². The number of anilines is 1. The number of hydrogen-bond donors (Lipinski definition) is 1. The van der Waals surface area contributed by atoms with Crippen molar-refractivity contribution in [2.75, 3.05) is 11.9 Å². The van der Waals surface area contributed by atoms with Gasteiger partial charge in [0, 0.05) is 24.2 Å². The van der Waals surface area contributed by atoms with Crippen LogP contribution in [0.25, 0.3) is 0 Å². The van der Waals surface area contributed by atoms with Gasteiger partial charge in [0.15, 0.2) is 5.78 Å². The third-order valence-electron chi connectivity index (χ3n) is 7.79. The highest BCUT2D eigenvalue weighted by Gasteiger charge is 2.72. The topological polar surface area (TPSA) is 83.6 Å². The average Bonchev–Trinajstić information content (AvgIpc) is 3.16. The summed E-state index contributed by atoms with van der Waals surface area (Å²) in [5, 5.41) is 2.73. The second-order valence-corrected chi connectivity index (χ2v) is 10.9. The van der Waals surface area contributed by atoms with Crippen molar-refractivity contribution in [1.82, 2.24) is 4.90 Å². The molecule has 2 atom stereocenters. The predicted octanol–water partition coefficient (Wildman–Crippen LogP) is 4.81. The molecule has 8 heteroatoms.